The zero-order valence-electron chi connectivity index (χ0n) is 20.1. The van der Waals surface area contributed by atoms with Gasteiger partial charge in [-0.05, 0) is 72.4 Å². The Bertz CT molecular complexity index is 1320. The summed E-state index contributed by atoms with van der Waals surface area (Å²) in [5, 5.41) is 23.7. The third-order valence-electron chi connectivity index (χ3n) is 6.60. The standard InChI is InChI=1S/C28H27ClF2N2O4/c1-16-12-21(30)9-10-22(16)17-7-8-19(23(31)14-17)15-32-27(36)25(34)26(35)28(37)33-11-3-6-24(33)18-4-2-5-20(29)13-18/h2,4-5,7-10,12-14,24-26,34-35H,3,6,11,15H2,1H3,(H,32,36)/t24-,25-,26-/m1/s1. The molecule has 0 bridgehead atoms. The molecule has 0 aromatic heterocycles. The summed E-state index contributed by atoms with van der Waals surface area (Å²) in [5.74, 6) is -2.76. The highest BCUT2D eigenvalue weighted by Crippen LogP contribution is 2.33. The monoisotopic (exact) mass is 528 g/mol. The maximum Gasteiger partial charge on any atom is 0.255 e. The molecule has 1 aliphatic rings. The molecule has 3 N–H and O–H groups in total. The van der Waals surface area contributed by atoms with Gasteiger partial charge in [-0.3, -0.25) is 9.59 Å². The molecule has 3 aromatic carbocycles. The van der Waals surface area contributed by atoms with Crippen LogP contribution in [0.15, 0.2) is 60.7 Å². The largest absolute Gasteiger partial charge is 0.380 e. The Labute approximate surface area is 218 Å². The van der Waals surface area contributed by atoms with Crippen LogP contribution in [0.4, 0.5) is 8.78 Å². The number of nitrogens with zero attached hydrogens (tertiary/aromatic N) is 1. The molecule has 0 spiro atoms. The molecule has 1 aliphatic heterocycles. The van der Waals surface area contributed by atoms with Crippen molar-refractivity contribution in [3.05, 3.63) is 94.0 Å². The fourth-order valence-corrected chi connectivity index (χ4v) is 4.83. The quantitative estimate of drug-likeness (QED) is 0.427. The second kappa shape index (κ2) is 11.4. The van der Waals surface area contributed by atoms with E-state index in [0.717, 1.165) is 5.56 Å². The van der Waals surface area contributed by atoms with Crippen molar-refractivity contribution >= 4 is 23.4 Å². The Hall–Kier alpha value is -3.33. The molecule has 2 amide bonds. The van der Waals surface area contributed by atoms with Gasteiger partial charge in [0.25, 0.3) is 11.8 Å². The molecule has 3 aromatic rings. The van der Waals surface area contributed by atoms with Crippen molar-refractivity contribution in [2.45, 2.75) is 44.6 Å². The molecule has 0 unspecified atom stereocenters. The van der Waals surface area contributed by atoms with Crippen molar-refractivity contribution in [2.24, 2.45) is 0 Å². The fraction of sp³-hybridized carbons (Fsp3) is 0.286. The van der Waals surface area contributed by atoms with Gasteiger partial charge in [-0.15, -0.1) is 0 Å². The van der Waals surface area contributed by atoms with Crippen molar-refractivity contribution in [3.8, 4) is 11.1 Å². The Balaban J connectivity index is 1.38. The molecule has 0 saturated carbocycles. The zero-order valence-corrected chi connectivity index (χ0v) is 20.9. The average Bonchev–Trinajstić information content (AvgIpc) is 3.36. The number of benzene rings is 3. The summed E-state index contributed by atoms with van der Waals surface area (Å²) in [6, 6.07) is 15.3. The lowest BCUT2D eigenvalue weighted by Gasteiger charge is -2.28. The summed E-state index contributed by atoms with van der Waals surface area (Å²) in [5.41, 5.74) is 2.82. The number of rotatable bonds is 7. The van der Waals surface area contributed by atoms with Crippen LogP contribution in [-0.2, 0) is 16.1 Å². The number of halogens is 3. The molecule has 1 saturated heterocycles. The summed E-state index contributed by atoms with van der Waals surface area (Å²) >= 11 is 6.07. The predicted octanol–water partition coefficient (Wildman–Crippen LogP) is 4.30. The number of amides is 2. The maximum absolute atomic E-state index is 14.7. The third-order valence-corrected chi connectivity index (χ3v) is 6.83. The van der Waals surface area contributed by atoms with Crippen LogP contribution in [0, 0.1) is 18.6 Å². The molecule has 1 fully saturated rings. The van der Waals surface area contributed by atoms with Gasteiger partial charge in [0.1, 0.15) is 11.6 Å². The Morgan fingerprint density at radius 2 is 1.86 bits per heavy atom. The molecule has 3 atom stereocenters. The number of likely N-dealkylation sites (tertiary alicyclic amines) is 1. The first-order valence-corrected chi connectivity index (χ1v) is 12.3. The number of aryl methyl sites for hydroxylation is 1. The average molecular weight is 529 g/mol. The minimum atomic E-state index is -2.03. The van der Waals surface area contributed by atoms with E-state index in [-0.39, 0.29) is 24.0 Å². The molecule has 9 heteroatoms. The van der Waals surface area contributed by atoms with Gasteiger partial charge in [0.2, 0.25) is 0 Å². The van der Waals surface area contributed by atoms with E-state index in [2.05, 4.69) is 5.32 Å². The first-order valence-electron chi connectivity index (χ1n) is 11.9. The molecule has 0 radical (unpaired) electrons. The van der Waals surface area contributed by atoms with Crippen LogP contribution in [0.1, 0.15) is 35.6 Å². The molecule has 194 valence electrons. The van der Waals surface area contributed by atoms with Crippen LogP contribution in [-0.4, -0.2) is 45.7 Å². The van der Waals surface area contributed by atoms with Gasteiger partial charge in [-0.2, -0.15) is 0 Å². The lowest BCUT2D eigenvalue weighted by Crippen LogP contribution is -2.50. The third kappa shape index (κ3) is 5.98. The van der Waals surface area contributed by atoms with Crippen molar-refractivity contribution in [3.63, 3.8) is 0 Å². The Morgan fingerprint density at radius 1 is 1.08 bits per heavy atom. The van der Waals surface area contributed by atoms with Crippen molar-refractivity contribution in [2.75, 3.05) is 6.54 Å². The van der Waals surface area contributed by atoms with E-state index in [1.165, 1.54) is 29.2 Å². The van der Waals surface area contributed by atoms with Gasteiger partial charge in [-0.1, -0.05) is 41.9 Å². The summed E-state index contributed by atoms with van der Waals surface area (Å²) < 4.78 is 28.1. The van der Waals surface area contributed by atoms with E-state index in [1.807, 2.05) is 6.07 Å². The van der Waals surface area contributed by atoms with E-state index < -0.39 is 29.8 Å². The van der Waals surface area contributed by atoms with Crippen LogP contribution in [0.25, 0.3) is 11.1 Å². The summed E-state index contributed by atoms with van der Waals surface area (Å²) in [6.45, 7) is 1.82. The molecule has 1 heterocycles. The van der Waals surface area contributed by atoms with Crippen molar-refractivity contribution < 1.29 is 28.6 Å². The van der Waals surface area contributed by atoms with Gasteiger partial charge >= 0.3 is 0 Å². The van der Waals surface area contributed by atoms with E-state index in [1.54, 1.807) is 37.3 Å². The number of carbonyl (C=O) groups excluding carboxylic acids is 2. The van der Waals surface area contributed by atoms with Gasteiger partial charge in [-0.25, -0.2) is 8.78 Å². The topological polar surface area (TPSA) is 89.9 Å². The summed E-state index contributed by atoms with van der Waals surface area (Å²) in [6.07, 6.45) is -2.65. The summed E-state index contributed by atoms with van der Waals surface area (Å²) in [7, 11) is 0. The first-order chi connectivity index (χ1) is 17.7. The van der Waals surface area contributed by atoms with Gasteiger partial charge in [0.15, 0.2) is 12.2 Å². The lowest BCUT2D eigenvalue weighted by molar-refractivity contribution is -0.153. The van der Waals surface area contributed by atoms with E-state index in [9.17, 15) is 28.6 Å². The van der Waals surface area contributed by atoms with E-state index >= 15 is 0 Å². The Kier molecular flexibility index (Phi) is 8.22. The highest BCUT2D eigenvalue weighted by atomic mass is 35.5. The molecule has 4 rings (SSSR count). The van der Waals surface area contributed by atoms with Crippen LogP contribution < -0.4 is 5.32 Å². The minimum absolute atomic E-state index is 0.144. The normalized spacial score (nSPS) is 16.9. The van der Waals surface area contributed by atoms with Crippen LogP contribution in [0.3, 0.4) is 0 Å². The number of carbonyl (C=O) groups is 2. The van der Waals surface area contributed by atoms with E-state index in [4.69, 9.17) is 11.6 Å². The van der Waals surface area contributed by atoms with Crippen molar-refractivity contribution in [1.82, 2.24) is 10.2 Å². The zero-order chi connectivity index (χ0) is 26.7. The predicted molar refractivity (Wildman–Crippen MR) is 136 cm³/mol. The maximum atomic E-state index is 14.7. The molecule has 37 heavy (non-hydrogen) atoms. The van der Waals surface area contributed by atoms with Gasteiger partial charge < -0.3 is 20.4 Å². The lowest BCUT2D eigenvalue weighted by atomic mass is 9.99. The smallest absolute Gasteiger partial charge is 0.255 e. The van der Waals surface area contributed by atoms with Crippen LogP contribution in [0.2, 0.25) is 5.02 Å². The number of aliphatic hydroxyl groups excluding tert-OH is 2. The van der Waals surface area contributed by atoms with Gasteiger partial charge in [0, 0.05) is 23.7 Å². The van der Waals surface area contributed by atoms with E-state index in [0.29, 0.717) is 41.1 Å². The first kappa shape index (κ1) is 26.7. The second-order valence-electron chi connectivity index (χ2n) is 9.12. The highest BCUT2D eigenvalue weighted by molar-refractivity contribution is 6.30. The molecule has 0 aliphatic carbocycles. The van der Waals surface area contributed by atoms with Crippen LogP contribution >= 0.6 is 11.6 Å². The molecular weight excluding hydrogens is 502 g/mol. The number of hydrogen-bond acceptors (Lipinski definition) is 4. The molecular formula is C28H27ClF2N2O4. The summed E-state index contributed by atoms with van der Waals surface area (Å²) in [4.78, 5) is 26.8. The van der Waals surface area contributed by atoms with Gasteiger partial charge in [0.05, 0.1) is 6.04 Å². The van der Waals surface area contributed by atoms with Crippen LogP contribution in [0.5, 0.6) is 0 Å². The Morgan fingerprint density at radius 3 is 2.57 bits per heavy atom. The highest BCUT2D eigenvalue weighted by Gasteiger charge is 2.38. The minimum Gasteiger partial charge on any atom is -0.380 e. The number of nitrogens with one attached hydrogen (secondary N) is 1. The SMILES string of the molecule is Cc1cc(F)ccc1-c1ccc(CNC(=O)[C@H](O)[C@@H](O)C(=O)N2CCC[C@@H]2c2cccc(Cl)c2)c(F)c1. The fourth-order valence-electron chi connectivity index (χ4n) is 4.64. The van der Waals surface area contributed by atoms with Crippen molar-refractivity contribution in [1.29, 1.82) is 0 Å². The molecule has 6 nitrogen and oxygen atoms in total. The second-order valence-corrected chi connectivity index (χ2v) is 9.55. The number of aliphatic hydroxyl groups is 2. The number of hydrogen-bond donors (Lipinski definition) is 3.